The lowest BCUT2D eigenvalue weighted by Gasteiger charge is -2.06. The number of aromatic hydroxyl groups is 1. The summed E-state index contributed by atoms with van der Waals surface area (Å²) in [6.07, 6.45) is -4.41. The molecule has 1 aromatic heterocycles. The molecular formula is C18H16F3N3O2S. The normalized spacial score (nSPS) is 11.7. The maximum absolute atomic E-state index is 12.7. The summed E-state index contributed by atoms with van der Waals surface area (Å²) in [5, 5.41) is 27.5. The standard InChI is InChI=1S/C18H16F3N3O2S/c1-11-8-14(6-7-17(11)26)27-10-16-15(9-25)22-24(23-16)13-4-2-12(3-5-13)18(19,20)21/h2-8,25-26H,9-10H2,1H3. The van der Waals surface area contributed by atoms with Gasteiger partial charge in [-0.15, -0.1) is 11.8 Å². The first-order valence-corrected chi connectivity index (χ1v) is 8.92. The second-order valence-corrected chi connectivity index (χ2v) is 6.87. The fourth-order valence-corrected chi connectivity index (χ4v) is 3.32. The molecule has 3 aromatic rings. The van der Waals surface area contributed by atoms with Crippen molar-refractivity contribution in [3.05, 3.63) is 65.0 Å². The number of aryl methyl sites for hydroxylation is 1. The molecule has 0 saturated heterocycles. The predicted octanol–water partition coefficient (Wildman–Crippen LogP) is 4.08. The fourth-order valence-electron chi connectivity index (χ4n) is 2.37. The maximum atomic E-state index is 12.7. The van der Waals surface area contributed by atoms with Crippen LogP contribution in [0.1, 0.15) is 22.5 Å². The summed E-state index contributed by atoms with van der Waals surface area (Å²) in [5.41, 5.74) is 1.26. The summed E-state index contributed by atoms with van der Waals surface area (Å²) in [4.78, 5) is 2.13. The van der Waals surface area contributed by atoms with Gasteiger partial charge in [0.05, 0.1) is 23.6 Å². The Morgan fingerprint density at radius 3 is 2.30 bits per heavy atom. The van der Waals surface area contributed by atoms with Gasteiger partial charge in [-0.05, 0) is 55.0 Å². The SMILES string of the molecule is Cc1cc(SCc2nn(-c3ccc(C(F)(F)F)cc3)nc2CO)ccc1O. The van der Waals surface area contributed by atoms with Gasteiger partial charge in [-0.1, -0.05) is 0 Å². The van der Waals surface area contributed by atoms with Crippen LogP contribution in [0.4, 0.5) is 13.2 Å². The summed E-state index contributed by atoms with van der Waals surface area (Å²) in [6, 6.07) is 9.69. The Kier molecular flexibility index (Phi) is 5.43. The van der Waals surface area contributed by atoms with Crippen molar-refractivity contribution in [3.8, 4) is 11.4 Å². The molecule has 0 amide bonds. The number of nitrogens with zero attached hydrogens (tertiary/aromatic N) is 3. The summed E-state index contributed by atoms with van der Waals surface area (Å²) in [5.74, 6) is 0.629. The largest absolute Gasteiger partial charge is 0.508 e. The zero-order valence-electron chi connectivity index (χ0n) is 14.2. The molecule has 5 nitrogen and oxygen atoms in total. The van der Waals surface area contributed by atoms with Gasteiger partial charge in [0, 0.05) is 10.6 Å². The monoisotopic (exact) mass is 395 g/mol. The van der Waals surface area contributed by atoms with Crippen molar-refractivity contribution in [1.29, 1.82) is 0 Å². The number of phenolic OH excluding ortho intramolecular Hbond substituents is 1. The van der Waals surface area contributed by atoms with Gasteiger partial charge in [0.15, 0.2) is 0 Å². The zero-order chi connectivity index (χ0) is 19.6. The number of thioether (sulfide) groups is 1. The number of benzene rings is 2. The second-order valence-electron chi connectivity index (χ2n) is 5.82. The molecule has 9 heteroatoms. The number of hydrogen-bond donors (Lipinski definition) is 2. The van der Waals surface area contributed by atoms with Crippen LogP contribution in [0.25, 0.3) is 5.69 Å². The number of rotatable bonds is 5. The molecule has 0 aliphatic rings. The number of phenols is 1. The quantitative estimate of drug-likeness (QED) is 0.637. The molecular weight excluding hydrogens is 379 g/mol. The predicted molar refractivity (Wildman–Crippen MR) is 94.7 cm³/mol. The summed E-state index contributed by atoms with van der Waals surface area (Å²) < 4.78 is 38.0. The molecule has 0 saturated carbocycles. The first kappa shape index (κ1) is 19.2. The van der Waals surface area contributed by atoms with Crippen LogP contribution >= 0.6 is 11.8 Å². The van der Waals surface area contributed by atoms with E-state index in [2.05, 4.69) is 10.2 Å². The lowest BCUT2D eigenvalue weighted by Crippen LogP contribution is -2.06. The highest BCUT2D eigenvalue weighted by Crippen LogP contribution is 2.30. The average molecular weight is 395 g/mol. The minimum absolute atomic E-state index is 0.212. The second kappa shape index (κ2) is 7.61. The van der Waals surface area contributed by atoms with Crippen molar-refractivity contribution < 1.29 is 23.4 Å². The van der Waals surface area contributed by atoms with Crippen LogP contribution in [-0.4, -0.2) is 25.2 Å². The smallest absolute Gasteiger partial charge is 0.416 e. The highest BCUT2D eigenvalue weighted by Gasteiger charge is 2.30. The van der Waals surface area contributed by atoms with Crippen molar-refractivity contribution in [3.63, 3.8) is 0 Å². The van der Waals surface area contributed by atoms with Crippen LogP contribution in [0.5, 0.6) is 5.75 Å². The van der Waals surface area contributed by atoms with E-state index in [4.69, 9.17) is 0 Å². The molecule has 0 bridgehead atoms. The molecule has 0 aliphatic heterocycles. The van der Waals surface area contributed by atoms with Crippen molar-refractivity contribution in [2.45, 2.75) is 30.4 Å². The van der Waals surface area contributed by atoms with E-state index in [1.54, 1.807) is 19.1 Å². The number of hydrogen-bond acceptors (Lipinski definition) is 5. The number of aliphatic hydroxyl groups excluding tert-OH is 1. The van der Waals surface area contributed by atoms with E-state index in [1.165, 1.54) is 28.7 Å². The summed E-state index contributed by atoms with van der Waals surface area (Å²) in [7, 11) is 0. The van der Waals surface area contributed by atoms with Gasteiger partial charge in [-0.25, -0.2) is 0 Å². The lowest BCUT2D eigenvalue weighted by atomic mass is 10.2. The summed E-state index contributed by atoms with van der Waals surface area (Å²) in [6.45, 7) is 1.46. The Morgan fingerprint density at radius 2 is 1.70 bits per heavy atom. The fraction of sp³-hybridized carbons (Fsp3) is 0.222. The van der Waals surface area contributed by atoms with E-state index >= 15 is 0 Å². The molecule has 27 heavy (non-hydrogen) atoms. The van der Waals surface area contributed by atoms with Crippen molar-refractivity contribution in [2.24, 2.45) is 0 Å². The molecule has 0 atom stereocenters. The third-order valence-corrected chi connectivity index (χ3v) is 4.89. The van der Waals surface area contributed by atoms with Crippen molar-refractivity contribution >= 4 is 11.8 Å². The molecule has 2 aromatic carbocycles. The highest BCUT2D eigenvalue weighted by atomic mass is 32.2. The van der Waals surface area contributed by atoms with Gasteiger partial charge in [-0.2, -0.15) is 28.2 Å². The van der Waals surface area contributed by atoms with E-state index in [-0.39, 0.29) is 12.4 Å². The Labute approximate surface area is 157 Å². The van der Waals surface area contributed by atoms with Crippen LogP contribution in [0, 0.1) is 6.92 Å². The van der Waals surface area contributed by atoms with Gasteiger partial charge < -0.3 is 10.2 Å². The van der Waals surface area contributed by atoms with E-state index in [0.29, 0.717) is 22.8 Å². The first-order chi connectivity index (χ1) is 12.8. The summed E-state index contributed by atoms with van der Waals surface area (Å²) >= 11 is 1.45. The molecule has 0 fully saturated rings. The van der Waals surface area contributed by atoms with Gasteiger partial charge in [0.25, 0.3) is 0 Å². The van der Waals surface area contributed by atoms with Gasteiger partial charge in [0.1, 0.15) is 11.4 Å². The Hall–Kier alpha value is -2.52. The lowest BCUT2D eigenvalue weighted by molar-refractivity contribution is -0.137. The minimum Gasteiger partial charge on any atom is -0.508 e. The third-order valence-electron chi connectivity index (χ3n) is 3.88. The zero-order valence-corrected chi connectivity index (χ0v) is 15.1. The minimum atomic E-state index is -4.41. The van der Waals surface area contributed by atoms with E-state index < -0.39 is 11.7 Å². The van der Waals surface area contributed by atoms with Crippen LogP contribution in [0.15, 0.2) is 47.4 Å². The van der Waals surface area contributed by atoms with Crippen LogP contribution in [0.3, 0.4) is 0 Å². The number of aromatic nitrogens is 3. The van der Waals surface area contributed by atoms with Crippen LogP contribution in [-0.2, 0) is 18.5 Å². The van der Waals surface area contributed by atoms with Crippen LogP contribution in [0.2, 0.25) is 0 Å². The average Bonchev–Trinajstić information content (AvgIpc) is 3.05. The Morgan fingerprint density at radius 1 is 1.04 bits per heavy atom. The molecule has 0 radical (unpaired) electrons. The van der Waals surface area contributed by atoms with Gasteiger partial charge in [0.2, 0.25) is 0 Å². The maximum Gasteiger partial charge on any atom is 0.416 e. The molecule has 2 N–H and O–H groups in total. The molecule has 0 spiro atoms. The molecule has 3 rings (SSSR count). The van der Waals surface area contributed by atoms with E-state index in [0.717, 1.165) is 22.6 Å². The molecule has 142 valence electrons. The molecule has 0 aliphatic carbocycles. The van der Waals surface area contributed by atoms with Gasteiger partial charge in [-0.3, -0.25) is 0 Å². The molecule has 0 unspecified atom stereocenters. The van der Waals surface area contributed by atoms with E-state index in [9.17, 15) is 23.4 Å². The van der Waals surface area contributed by atoms with Gasteiger partial charge >= 0.3 is 6.18 Å². The number of alkyl halides is 3. The van der Waals surface area contributed by atoms with Crippen molar-refractivity contribution in [1.82, 2.24) is 15.0 Å². The third kappa shape index (κ3) is 4.42. The van der Waals surface area contributed by atoms with Crippen LogP contribution < -0.4 is 0 Å². The Balaban J connectivity index is 1.79. The van der Waals surface area contributed by atoms with Crippen molar-refractivity contribution in [2.75, 3.05) is 0 Å². The topological polar surface area (TPSA) is 71.2 Å². The molecule has 1 heterocycles. The number of aliphatic hydroxyl groups is 1. The van der Waals surface area contributed by atoms with E-state index in [1.807, 2.05) is 6.07 Å². The Bertz CT molecular complexity index is 940. The number of halogens is 3. The first-order valence-electron chi connectivity index (χ1n) is 7.94. The highest BCUT2D eigenvalue weighted by molar-refractivity contribution is 7.98.